The summed E-state index contributed by atoms with van der Waals surface area (Å²) >= 11 is 0. The molecule has 1 atom stereocenters. The van der Waals surface area contributed by atoms with Crippen molar-refractivity contribution in [1.29, 1.82) is 0 Å². The van der Waals surface area contributed by atoms with Crippen molar-refractivity contribution in [1.82, 2.24) is 25.2 Å². The first-order valence-electron chi connectivity index (χ1n) is 8.71. The highest BCUT2D eigenvalue weighted by Crippen LogP contribution is 2.30. The van der Waals surface area contributed by atoms with E-state index in [2.05, 4.69) is 20.6 Å². The molecule has 0 aromatic carbocycles. The third-order valence-corrected chi connectivity index (χ3v) is 4.42. The predicted octanol–water partition coefficient (Wildman–Crippen LogP) is 1.75. The molecule has 3 rings (SSSR count). The molecule has 0 radical (unpaired) electrons. The van der Waals surface area contributed by atoms with E-state index >= 15 is 0 Å². The van der Waals surface area contributed by atoms with E-state index in [0.717, 1.165) is 18.4 Å². The molecule has 136 valence electrons. The SMILES string of the molecule is CC(C)c1noc(C(NC(=O)Cc2cnn(C)c2)C2CCOCC2)n1. The van der Waals surface area contributed by atoms with Gasteiger partial charge in [-0.25, -0.2) is 0 Å². The highest BCUT2D eigenvalue weighted by atomic mass is 16.5. The van der Waals surface area contributed by atoms with Crippen molar-refractivity contribution in [3.63, 3.8) is 0 Å². The fourth-order valence-electron chi connectivity index (χ4n) is 3.01. The zero-order valence-electron chi connectivity index (χ0n) is 14.9. The van der Waals surface area contributed by atoms with Crippen molar-refractivity contribution >= 4 is 5.91 Å². The van der Waals surface area contributed by atoms with Crippen LogP contribution in [0.15, 0.2) is 16.9 Å². The Labute approximate surface area is 146 Å². The van der Waals surface area contributed by atoms with Crippen LogP contribution in [0.5, 0.6) is 0 Å². The molecule has 0 saturated carbocycles. The quantitative estimate of drug-likeness (QED) is 0.855. The van der Waals surface area contributed by atoms with Crippen LogP contribution in [0.4, 0.5) is 0 Å². The van der Waals surface area contributed by atoms with Gasteiger partial charge < -0.3 is 14.6 Å². The van der Waals surface area contributed by atoms with Crippen molar-refractivity contribution in [3.8, 4) is 0 Å². The highest BCUT2D eigenvalue weighted by molar-refractivity contribution is 5.78. The summed E-state index contributed by atoms with van der Waals surface area (Å²) in [6.45, 7) is 5.40. The van der Waals surface area contributed by atoms with E-state index in [1.165, 1.54) is 0 Å². The number of rotatable bonds is 6. The lowest BCUT2D eigenvalue weighted by Gasteiger charge is -2.28. The molecular weight excluding hydrogens is 322 g/mol. The van der Waals surface area contributed by atoms with Gasteiger partial charge in [0.2, 0.25) is 11.8 Å². The molecule has 1 saturated heterocycles. The van der Waals surface area contributed by atoms with Crippen molar-refractivity contribution in [2.45, 2.75) is 45.1 Å². The van der Waals surface area contributed by atoms with Crippen molar-refractivity contribution in [2.24, 2.45) is 13.0 Å². The van der Waals surface area contributed by atoms with Crippen molar-refractivity contribution in [3.05, 3.63) is 29.7 Å². The van der Waals surface area contributed by atoms with E-state index < -0.39 is 0 Å². The molecule has 25 heavy (non-hydrogen) atoms. The minimum absolute atomic E-state index is 0.0752. The first-order valence-corrected chi connectivity index (χ1v) is 8.71. The number of aromatic nitrogens is 4. The van der Waals surface area contributed by atoms with Gasteiger partial charge in [0.1, 0.15) is 6.04 Å². The first-order chi connectivity index (χ1) is 12.0. The second-order valence-electron chi connectivity index (χ2n) is 6.84. The summed E-state index contributed by atoms with van der Waals surface area (Å²) in [5, 5.41) is 11.2. The van der Waals surface area contributed by atoms with Crippen LogP contribution in [-0.4, -0.2) is 39.0 Å². The molecule has 1 unspecified atom stereocenters. The molecule has 1 amide bonds. The van der Waals surface area contributed by atoms with Gasteiger partial charge in [0.25, 0.3) is 0 Å². The summed E-state index contributed by atoms with van der Waals surface area (Å²) in [5.74, 6) is 1.48. The van der Waals surface area contributed by atoms with E-state index in [0.29, 0.717) is 24.9 Å². The summed E-state index contributed by atoms with van der Waals surface area (Å²) in [6.07, 6.45) is 5.53. The van der Waals surface area contributed by atoms with Gasteiger partial charge in [-0.2, -0.15) is 10.1 Å². The molecule has 8 nitrogen and oxygen atoms in total. The number of nitrogens with zero attached hydrogens (tertiary/aromatic N) is 4. The third-order valence-electron chi connectivity index (χ3n) is 4.42. The lowest BCUT2D eigenvalue weighted by Crippen LogP contribution is -2.37. The Balaban J connectivity index is 1.74. The Morgan fingerprint density at radius 2 is 2.16 bits per heavy atom. The fourth-order valence-corrected chi connectivity index (χ4v) is 3.01. The molecule has 1 fully saturated rings. The molecule has 1 aliphatic heterocycles. The topological polar surface area (TPSA) is 95.1 Å². The second kappa shape index (κ2) is 7.77. The Bertz CT molecular complexity index is 703. The highest BCUT2D eigenvalue weighted by Gasteiger charge is 2.31. The maximum atomic E-state index is 12.5. The van der Waals surface area contributed by atoms with Crippen LogP contribution < -0.4 is 5.32 Å². The van der Waals surface area contributed by atoms with Crippen molar-refractivity contribution < 1.29 is 14.1 Å². The molecule has 3 heterocycles. The van der Waals surface area contributed by atoms with Gasteiger partial charge in [0.15, 0.2) is 5.82 Å². The molecule has 2 aromatic rings. The van der Waals surface area contributed by atoms with Crippen molar-refractivity contribution in [2.75, 3.05) is 13.2 Å². The summed E-state index contributed by atoms with van der Waals surface area (Å²) in [7, 11) is 1.83. The smallest absolute Gasteiger partial charge is 0.249 e. The molecule has 2 aromatic heterocycles. The Hall–Kier alpha value is -2.22. The lowest BCUT2D eigenvalue weighted by atomic mass is 9.91. The summed E-state index contributed by atoms with van der Waals surface area (Å²) < 4.78 is 12.6. The van der Waals surface area contributed by atoms with Crippen LogP contribution >= 0.6 is 0 Å². The van der Waals surface area contributed by atoms with Crippen LogP contribution in [0, 0.1) is 5.92 Å². The van der Waals surface area contributed by atoms with Gasteiger partial charge in [0.05, 0.1) is 12.6 Å². The van der Waals surface area contributed by atoms with E-state index in [1.807, 2.05) is 27.1 Å². The van der Waals surface area contributed by atoms with Crippen LogP contribution in [0.25, 0.3) is 0 Å². The van der Waals surface area contributed by atoms with Crippen LogP contribution in [0.2, 0.25) is 0 Å². The van der Waals surface area contributed by atoms with E-state index in [9.17, 15) is 4.79 Å². The standard InChI is InChI=1S/C17H25N5O3/c1-11(2)16-20-17(25-21-16)15(13-4-6-24-7-5-13)19-14(23)8-12-9-18-22(3)10-12/h9-11,13,15H,4-8H2,1-3H3,(H,19,23). The number of aryl methyl sites for hydroxylation is 1. The van der Waals surface area contributed by atoms with Gasteiger partial charge in [-0.3, -0.25) is 9.48 Å². The van der Waals surface area contributed by atoms with Gasteiger partial charge in [-0.1, -0.05) is 19.0 Å². The minimum atomic E-state index is -0.284. The number of hydrogen-bond acceptors (Lipinski definition) is 6. The number of amides is 1. The Morgan fingerprint density at radius 1 is 1.40 bits per heavy atom. The van der Waals surface area contributed by atoms with E-state index in [-0.39, 0.29) is 30.2 Å². The molecule has 0 aliphatic carbocycles. The lowest BCUT2D eigenvalue weighted by molar-refractivity contribution is -0.122. The molecule has 8 heteroatoms. The predicted molar refractivity (Wildman–Crippen MR) is 89.7 cm³/mol. The number of carbonyl (C=O) groups excluding carboxylic acids is 1. The van der Waals surface area contributed by atoms with Crippen LogP contribution in [0.3, 0.4) is 0 Å². The maximum absolute atomic E-state index is 12.5. The molecule has 1 aliphatic rings. The van der Waals surface area contributed by atoms with E-state index in [4.69, 9.17) is 9.26 Å². The average molecular weight is 347 g/mol. The Kier molecular flexibility index (Phi) is 5.47. The number of ether oxygens (including phenoxy) is 1. The fraction of sp³-hybridized carbons (Fsp3) is 0.647. The summed E-state index contributed by atoms with van der Waals surface area (Å²) in [5.41, 5.74) is 0.874. The van der Waals surface area contributed by atoms with Gasteiger partial charge in [-0.05, 0) is 24.3 Å². The van der Waals surface area contributed by atoms with Gasteiger partial charge >= 0.3 is 0 Å². The maximum Gasteiger partial charge on any atom is 0.249 e. The summed E-state index contributed by atoms with van der Waals surface area (Å²) in [6, 6.07) is -0.284. The number of nitrogens with one attached hydrogen (secondary N) is 1. The first kappa shape index (κ1) is 17.6. The molecule has 1 N–H and O–H groups in total. The van der Waals surface area contributed by atoms with Gasteiger partial charge in [-0.15, -0.1) is 0 Å². The Morgan fingerprint density at radius 3 is 2.76 bits per heavy atom. The van der Waals surface area contributed by atoms with Gasteiger partial charge in [0, 0.05) is 32.4 Å². The molecular formula is C17H25N5O3. The zero-order chi connectivity index (χ0) is 17.8. The second-order valence-corrected chi connectivity index (χ2v) is 6.84. The van der Waals surface area contributed by atoms with Crippen LogP contribution in [0.1, 0.15) is 55.9 Å². The van der Waals surface area contributed by atoms with Crippen LogP contribution in [-0.2, 0) is 23.0 Å². The zero-order valence-corrected chi connectivity index (χ0v) is 14.9. The molecule has 0 spiro atoms. The summed E-state index contributed by atoms with van der Waals surface area (Å²) in [4.78, 5) is 17.0. The monoisotopic (exact) mass is 347 g/mol. The largest absolute Gasteiger partial charge is 0.381 e. The minimum Gasteiger partial charge on any atom is -0.381 e. The normalized spacial score (nSPS) is 17.0. The average Bonchev–Trinajstić information content (AvgIpc) is 3.23. The number of carbonyl (C=O) groups is 1. The molecule has 0 bridgehead atoms. The van der Waals surface area contributed by atoms with E-state index in [1.54, 1.807) is 10.9 Å². The third kappa shape index (κ3) is 4.45. The number of hydrogen-bond donors (Lipinski definition) is 1.